The third-order valence-electron chi connectivity index (χ3n) is 13.3. The van der Waals surface area contributed by atoms with E-state index in [-0.39, 0.29) is 0 Å². The van der Waals surface area contributed by atoms with E-state index in [9.17, 15) is 0 Å². The lowest BCUT2D eigenvalue weighted by molar-refractivity contribution is 0.980. The second kappa shape index (κ2) is 22.1. The van der Waals surface area contributed by atoms with E-state index in [0.717, 1.165) is 85.5 Å². The van der Waals surface area contributed by atoms with Gasteiger partial charge in [-0.25, -0.2) is 0 Å². The second-order valence-electron chi connectivity index (χ2n) is 17.7. The number of allylic oxidation sites excluding steroid dienone is 7. The summed E-state index contributed by atoms with van der Waals surface area (Å²) in [6, 6.07) is 85.8. The summed E-state index contributed by atoms with van der Waals surface area (Å²) >= 11 is 0. The van der Waals surface area contributed by atoms with Crippen LogP contribution < -0.4 is 19.6 Å². The van der Waals surface area contributed by atoms with Crippen molar-refractivity contribution in [1.29, 1.82) is 0 Å². The van der Waals surface area contributed by atoms with E-state index in [1.165, 1.54) is 21.5 Å². The summed E-state index contributed by atoms with van der Waals surface area (Å²) in [5, 5.41) is 7.03. The molecule has 4 nitrogen and oxygen atoms in total. The van der Waals surface area contributed by atoms with Crippen LogP contribution in [-0.4, -0.2) is 0 Å². The van der Waals surface area contributed by atoms with Crippen LogP contribution in [0.15, 0.2) is 315 Å². The van der Waals surface area contributed by atoms with Gasteiger partial charge in [-0.15, -0.1) is 0 Å². The molecule has 354 valence electrons. The van der Waals surface area contributed by atoms with Gasteiger partial charge in [-0.3, -0.25) is 0 Å². The number of benzene rings is 10. The normalized spacial score (nSPS) is 12.1. The van der Waals surface area contributed by atoms with Crippen molar-refractivity contribution < 1.29 is 0 Å². The van der Waals surface area contributed by atoms with Crippen molar-refractivity contribution in [3.8, 4) is 0 Å². The molecule has 0 amide bonds. The Labute approximate surface area is 430 Å². The van der Waals surface area contributed by atoms with Crippen LogP contribution in [0.5, 0.6) is 0 Å². The maximum Gasteiger partial charge on any atom is 0.0540 e. The molecule has 0 aliphatic rings. The van der Waals surface area contributed by atoms with Gasteiger partial charge in [0.2, 0.25) is 0 Å². The third-order valence-corrected chi connectivity index (χ3v) is 13.3. The first-order chi connectivity index (χ1) is 36.0. The fourth-order valence-electron chi connectivity index (χ4n) is 9.81. The maximum absolute atomic E-state index is 4.74. The van der Waals surface area contributed by atoms with Crippen LogP contribution in [0.3, 0.4) is 0 Å². The highest BCUT2D eigenvalue weighted by Gasteiger charge is 2.21. The van der Waals surface area contributed by atoms with E-state index in [1.807, 2.05) is 6.08 Å². The first kappa shape index (κ1) is 47.3. The molecule has 10 rings (SSSR count). The molecule has 0 N–H and O–H groups in total. The van der Waals surface area contributed by atoms with Crippen LogP contribution in [0, 0.1) is 0 Å². The second-order valence-corrected chi connectivity index (χ2v) is 17.7. The van der Waals surface area contributed by atoms with Crippen LogP contribution in [-0.2, 0) is 0 Å². The molecule has 0 atom stereocenters. The van der Waals surface area contributed by atoms with Crippen LogP contribution >= 0.6 is 0 Å². The van der Waals surface area contributed by atoms with Crippen LogP contribution in [0.1, 0.15) is 20.3 Å². The van der Waals surface area contributed by atoms with Crippen LogP contribution in [0.25, 0.3) is 32.3 Å². The minimum atomic E-state index is 0.729. The summed E-state index contributed by atoms with van der Waals surface area (Å²) in [6.07, 6.45) is 13.6. The number of para-hydroxylation sites is 3. The first-order valence-corrected chi connectivity index (χ1v) is 25.0. The molecule has 10 aromatic rings. The maximum atomic E-state index is 4.74. The van der Waals surface area contributed by atoms with Gasteiger partial charge in [-0.05, 0) is 139 Å². The van der Waals surface area contributed by atoms with Crippen molar-refractivity contribution in [2.45, 2.75) is 20.3 Å². The van der Waals surface area contributed by atoms with E-state index in [2.05, 4.69) is 313 Å². The number of nitrogens with zero attached hydrogens (tertiary/aromatic N) is 4. The molecular weight excluding hydrogens is 885 g/mol. The monoisotopic (exact) mass is 942 g/mol. The van der Waals surface area contributed by atoms with E-state index >= 15 is 0 Å². The average Bonchev–Trinajstić information content (AvgIpc) is 3.45. The van der Waals surface area contributed by atoms with Crippen molar-refractivity contribution in [2.24, 2.45) is 0 Å². The molecule has 0 saturated carbocycles. The van der Waals surface area contributed by atoms with Gasteiger partial charge in [0.15, 0.2) is 0 Å². The Balaban J connectivity index is 1.10. The largest absolute Gasteiger partial charge is 0.315 e. The highest BCUT2D eigenvalue weighted by Crippen LogP contribution is 2.42. The van der Waals surface area contributed by atoms with Gasteiger partial charge in [-0.2, -0.15) is 0 Å². The predicted octanol–water partition coefficient (Wildman–Crippen LogP) is 19.4. The van der Waals surface area contributed by atoms with Crippen molar-refractivity contribution in [3.05, 3.63) is 315 Å². The zero-order chi connectivity index (χ0) is 49.9. The van der Waals surface area contributed by atoms with Crippen molar-refractivity contribution in [3.63, 3.8) is 0 Å². The lowest BCUT2D eigenvalue weighted by Gasteiger charge is -2.31. The van der Waals surface area contributed by atoms with Gasteiger partial charge < -0.3 is 19.6 Å². The van der Waals surface area contributed by atoms with E-state index in [0.29, 0.717) is 0 Å². The van der Waals surface area contributed by atoms with E-state index in [1.54, 1.807) is 0 Å². The minimum Gasteiger partial charge on any atom is -0.315 e. The smallest absolute Gasteiger partial charge is 0.0540 e. The topological polar surface area (TPSA) is 13.0 Å². The molecule has 0 aromatic heterocycles. The van der Waals surface area contributed by atoms with E-state index < -0.39 is 0 Å². The van der Waals surface area contributed by atoms with Gasteiger partial charge >= 0.3 is 0 Å². The van der Waals surface area contributed by atoms with Gasteiger partial charge in [0, 0.05) is 67.4 Å². The minimum absolute atomic E-state index is 0.729. The lowest BCUT2D eigenvalue weighted by Crippen LogP contribution is -2.21. The van der Waals surface area contributed by atoms with Crippen molar-refractivity contribution >= 4 is 77.8 Å². The molecule has 10 aromatic carbocycles. The predicted molar refractivity (Wildman–Crippen MR) is 315 cm³/mol. The van der Waals surface area contributed by atoms with Gasteiger partial charge in [0.1, 0.15) is 0 Å². The molecule has 0 radical (unpaired) electrons. The summed E-state index contributed by atoms with van der Waals surface area (Å²) < 4.78 is 0. The standard InChI is InChI=1S/C69H58N4/c1-5-56(45-44-52(4)70(59-32-11-8-12-33-59)67-41-23-29-53-26-17-20-38-64(53)67)71(62-48-50-63(51-49-62)73(61-36-15-10-16-37-61)69-43-25-31-55-28-19-22-40-66(55)69)57(6-2)46-47-58(7-3)72(60-34-13-9-14-35-60)68-42-24-30-54-27-18-21-39-65(54)68/h5,7-51H,3-4,6H2,1-2H3/b45-44-,56-5+,57-46+,58-47+. The number of hydrogen-bond acceptors (Lipinski definition) is 4. The highest BCUT2D eigenvalue weighted by atomic mass is 15.2. The molecule has 0 saturated heterocycles. The summed E-state index contributed by atoms with van der Waals surface area (Å²) in [5.41, 5.74) is 12.3. The molecule has 0 bridgehead atoms. The molecule has 0 fully saturated rings. The van der Waals surface area contributed by atoms with Crippen molar-refractivity contribution in [2.75, 3.05) is 19.6 Å². The average molecular weight is 943 g/mol. The molecule has 0 unspecified atom stereocenters. The highest BCUT2D eigenvalue weighted by molar-refractivity contribution is 6.00. The lowest BCUT2D eigenvalue weighted by atomic mass is 10.1. The third kappa shape index (κ3) is 10.0. The van der Waals surface area contributed by atoms with Crippen LogP contribution in [0.2, 0.25) is 0 Å². The molecule has 0 heterocycles. The molecule has 0 aliphatic carbocycles. The fraction of sp³-hybridized carbons (Fsp3) is 0.0435. The number of rotatable bonds is 17. The first-order valence-electron chi connectivity index (χ1n) is 25.0. The summed E-state index contributed by atoms with van der Waals surface area (Å²) in [5.74, 6) is 0. The number of hydrogen-bond donors (Lipinski definition) is 0. The Morgan fingerprint density at radius 3 is 1.32 bits per heavy atom. The van der Waals surface area contributed by atoms with Crippen LogP contribution in [0.4, 0.5) is 45.5 Å². The van der Waals surface area contributed by atoms with Crippen molar-refractivity contribution in [1.82, 2.24) is 0 Å². The molecule has 4 heteroatoms. The zero-order valence-electron chi connectivity index (χ0n) is 41.5. The Morgan fingerprint density at radius 1 is 0.397 bits per heavy atom. The molecule has 0 spiro atoms. The SMILES string of the molecule is C=C/C(=C\C=C(/CC)N(C(/C=C\C(=C)N(c1ccccc1)c1cccc2ccccc12)=C/C)c1ccc(N(c2ccccc2)c2cccc3ccccc23)cc1)N(c1ccccc1)c1cccc2ccccc12. The molecule has 73 heavy (non-hydrogen) atoms. The zero-order valence-corrected chi connectivity index (χ0v) is 41.5. The Kier molecular flexibility index (Phi) is 14.4. The summed E-state index contributed by atoms with van der Waals surface area (Å²) in [7, 11) is 0. The summed E-state index contributed by atoms with van der Waals surface area (Å²) in [6.45, 7) is 13.5. The molecular formula is C69H58N4. The Morgan fingerprint density at radius 2 is 0.808 bits per heavy atom. The fourth-order valence-corrected chi connectivity index (χ4v) is 9.81. The Bertz CT molecular complexity index is 3650. The summed E-state index contributed by atoms with van der Waals surface area (Å²) in [4.78, 5) is 9.27. The Hall–Kier alpha value is -9.38. The van der Waals surface area contributed by atoms with Gasteiger partial charge in [-0.1, -0.05) is 190 Å². The molecule has 0 aliphatic heterocycles. The quantitative estimate of drug-likeness (QED) is 0.0843. The van der Waals surface area contributed by atoms with Gasteiger partial charge in [0.05, 0.1) is 17.1 Å². The number of anilines is 8. The van der Waals surface area contributed by atoms with E-state index in [4.69, 9.17) is 6.58 Å². The number of fused-ring (bicyclic) bond motifs is 3. The van der Waals surface area contributed by atoms with Gasteiger partial charge in [0.25, 0.3) is 0 Å².